The Morgan fingerprint density at radius 2 is 1.51 bits per heavy atom. The van der Waals surface area contributed by atoms with Gasteiger partial charge in [0.1, 0.15) is 0 Å². The van der Waals surface area contributed by atoms with Gasteiger partial charge in [-0.05, 0) is 80.4 Å². The van der Waals surface area contributed by atoms with Gasteiger partial charge in [0.15, 0.2) is 0 Å². The molecule has 2 aromatic rings. The molecule has 4 heteroatoms. The molecule has 2 aromatic carbocycles. The molecule has 0 aliphatic heterocycles. The number of benzene rings is 2. The normalized spacial score (nSPS) is 18.5. The van der Waals surface area contributed by atoms with E-state index in [0.29, 0.717) is 17.4 Å². The number of aliphatic hydroxyl groups excluding tert-OH is 1. The molecule has 1 atom stereocenters. The van der Waals surface area contributed by atoms with Crippen molar-refractivity contribution in [1.82, 2.24) is 0 Å². The summed E-state index contributed by atoms with van der Waals surface area (Å²) in [5, 5.41) is 11.2. The highest BCUT2D eigenvalue weighted by Crippen LogP contribution is 2.40. The third kappa shape index (κ3) is 9.75. The van der Waals surface area contributed by atoms with Gasteiger partial charge in [0.25, 0.3) is 0 Å². The van der Waals surface area contributed by atoms with Crippen LogP contribution in [0, 0.1) is 5.92 Å². The molecule has 3 rings (SSSR count). The first-order chi connectivity index (χ1) is 18.7. The van der Waals surface area contributed by atoms with Crippen molar-refractivity contribution in [3.05, 3.63) is 77.4 Å². The molecule has 0 heterocycles. The summed E-state index contributed by atoms with van der Waals surface area (Å²) in [6.45, 7) is 12.7. The number of ether oxygens (including phenoxy) is 1. The molecule has 0 saturated heterocycles. The molecule has 3 nitrogen and oxygen atoms in total. The molecule has 214 valence electrons. The Morgan fingerprint density at radius 1 is 0.949 bits per heavy atom. The summed E-state index contributed by atoms with van der Waals surface area (Å²) in [4.78, 5) is 11.7. The summed E-state index contributed by atoms with van der Waals surface area (Å²) in [5.41, 5.74) is 4.94. The van der Waals surface area contributed by atoms with Crippen LogP contribution in [0.2, 0.25) is 19.1 Å². The molecule has 0 bridgehead atoms. The second-order valence-corrected chi connectivity index (χ2v) is 17.4. The largest absolute Gasteiger partial charge is 0.462 e. The lowest BCUT2D eigenvalue weighted by Gasteiger charge is -2.30. The lowest BCUT2D eigenvalue weighted by atomic mass is 9.76. The number of carbonyl (C=O) groups excluding carboxylic acids is 1. The third-order valence-corrected chi connectivity index (χ3v) is 12.4. The minimum atomic E-state index is -1.57. The lowest BCUT2D eigenvalue weighted by Crippen LogP contribution is -2.41. The van der Waals surface area contributed by atoms with Crippen molar-refractivity contribution in [2.75, 3.05) is 13.2 Å². The summed E-state index contributed by atoms with van der Waals surface area (Å²) < 4.78 is 5.26. The predicted molar refractivity (Wildman–Crippen MR) is 168 cm³/mol. The molecule has 1 unspecified atom stereocenters. The summed E-state index contributed by atoms with van der Waals surface area (Å²) in [6.07, 6.45) is 12.2. The summed E-state index contributed by atoms with van der Waals surface area (Å²) in [5.74, 6) is 1.02. The molecule has 0 spiro atoms. The van der Waals surface area contributed by atoms with Gasteiger partial charge in [-0.2, -0.15) is 0 Å². The van der Waals surface area contributed by atoms with Gasteiger partial charge in [0.2, 0.25) is 0 Å². The molecular weight excluding hydrogens is 496 g/mol. The van der Waals surface area contributed by atoms with Crippen LogP contribution in [0.1, 0.15) is 100 Å². The SMILES string of the molecule is C=C(C)C(=O)OCC(CO)CCC[Si](C)(C)c1ccc(C2CCC(c3ccc(CCCCC)cc3)CC2)cc1. The van der Waals surface area contributed by atoms with Crippen LogP contribution in [0.15, 0.2) is 60.7 Å². The molecule has 0 amide bonds. The molecule has 1 fully saturated rings. The van der Waals surface area contributed by atoms with Gasteiger partial charge in [-0.15, -0.1) is 0 Å². The molecule has 1 saturated carbocycles. The van der Waals surface area contributed by atoms with Gasteiger partial charge >= 0.3 is 5.97 Å². The van der Waals surface area contributed by atoms with E-state index in [1.165, 1.54) is 79.3 Å². The van der Waals surface area contributed by atoms with E-state index in [-0.39, 0.29) is 25.1 Å². The van der Waals surface area contributed by atoms with Crippen molar-refractivity contribution in [1.29, 1.82) is 0 Å². The highest BCUT2D eigenvalue weighted by molar-refractivity contribution is 6.89. The Morgan fingerprint density at radius 3 is 2.03 bits per heavy atom. The van der Waals surface area contributed by atoms with Gasteiger partial charge in [-0.1, -0.05) is 106 Å². The predicted octanol–water partition coefficient (Wildman–Crippen LogP) is 8.28. The molecule has 1 N–H and O–H groups in total. The Hall–Kier alpha value is -2.17. The Kier molecular flexibility index (Phi) is 12.5. The third-order valence-electron chi connectivity index (χ3n) is 8.88. The number of hydrogen-bond acceptors (Lipinski definition) is 3. The minimum absolute atomic E-state index is 0.000616. The van der Waals surface area contributed by atoms with Crippen LogP contribution in [-0.4, -0.2) is 32.4 Å². The number of hydrogen-bond donors (Lipinski definition) is 1. The zero-order valence-corrected chi connectivity index (χ0v) is 26.0. The number of aryl methyl sites for hydroxylation is 1. The van der Waals surface area contributed by atoms with Crippen molar-refractivity contribution in [2.45, 2.75) is 109 Å². The molecule has 1 aliphatic carbocycles. The quantitative estimate of drug-likeness (QED) is 0.105. The van der Waals surface area contributed by atoms with E-state index in [9.17, 15) is 9.90 Å². The summed E-state index contributed by atoms with van der Waals surface area (Å²) >= 11 is 0. The van der Waals surface area contributed by atoms with Gasteiger partial charge in [-0.25, -0.2) is 4.79 Å². The zero-order valence-electron chi connectivity index (χ0n) is 25.0. The highest BCUT2D eigenvalue weighted by atomic mass is 28.3. The second-order valence-electron chi connectivity index (χ2n) is 12.6. The fourth-order valence-corrected chi connectivity index (χ4v) is 8.47. The molecule has 39 heavy (non-hydrogen) atoms. The molecule has 0 radical (unpaired) electrons. The standard InChI is InChI=1S/C35H52O3Si/c1-6-7-8-10-28-12-14-30(15-13-28)31-16-18-32(19-17-31)33-20-22-34(23-21-33)39(4,5)24-9-11-29(25-36)26-38-35(37)27(2)3/h12-15,20-23,29,31-32,36H,2,6-11,16-19,24-26H2,1,3-5H3. The maximum absolute atomic E-state index is 11.7. The number of aliphatic hydroxyl groups is 1. The lowest BCUT2D eigenvalue weighted by molar-refractivity contribution is -0.140. The van der Waals surface area contributed by atoms with E-state index in [4.69, 9.17) is 4.74 Å². The Balaban J connectivity index is 1.45. The number of carbonyl (C=O) groups is 1. The number of rotatable bonds is 15. The van der Waals surface area contributed by atoms with Crippen molar-refractivity contribution < 1.29 is 14.6 Å². The summed E-state index contributed by atoms with van der Waals surface area (Å²) in [6, 6.07) is 20.3. The van der Waals surface area contributed by atoms with Crippen LogP contribution in [0.3, 0.4) is 0 Å². The molecule has 1 aliphatic rings. The maximum Gasteiger partial charge on any atom is 0.333 e. The first-order valence-corrected chi connectivity index (χ1v) is 18.6. The van der Waals surface area contributed by atoms with Crippen LogP contribution in [0.25, 0.3) is 0 Å². The van der Waals surface area contributed by atoms with Crippen molar-refractivity contribution in [2.24, 2.45) is 5.92 Å². The number of esters is 1. The van der Waals surface area contributed by atoms with Crippen LogP contribution >= 0.6 is 0 Å². The van der Waals surface area contributed by atoms with Crippen molar-refractivity contribution >= 4 is 19.2 Å². The Labute approximate surface area is 239 Å². The van der Waals surface area contributed by atoms with Crippen LogP contribution < -0.4 is 5.19 Å². The average molecular weight is 549 g/mol. The van der Waals surface area contributed by atoms with Crippen LogP contribution in [0.4, 0.5) is 0 Å². The first kappa shape index (κ1) is 31.4. The molecule has 0 aromatic heterocycles. The van der Waals surface area contributed by atoms with E-state index in [1.807, 2.05) is 0 Å². The summed E-state index contributed by atoms with van der Waals surface area (Å²) in [7, 11) is -1.57. The van der Waals surface area contributed by atoms with E-state index < -0.39 is 8.07 Å². The van der Waals surface area contributed by atoms with Crippen molar-refractivity contribution in [3.8, 4) is 0 Å². The Bertz CT molecular complexity index is 1020. The topological polar surface area (TPSA) is 46.5 Å². The van der Waals surface area contributed by atoms with E-state index in [0.717, 1.165) is 12.8 Å². The van der Waals surface area contributed by atoms with Gasteiger partial charge < -0.3 is 9.84 Å². The monoisotopic (exact) mass is 548 g/mol. The second kappa shape index (κ2) is 15.6. The molecular formula is C35H52O3Si. The smallest absolute Gasteiger partial charge is 0.333 e. The van der Waals surface area contributed by atoms with E-state index >= 15 is 0 Å². The maximum atomic E-state index is 11.7. The van der Waals surface area contributed by atoms with E-state index in [1.54, 1.807) is 6.92 Å². The van der Waals surface area contributed by atoms with Gasteiger partial charge in [0, 0.05) is 18.1 Å². The van der Waals surface area contributed by atoms with Gasteiger partial charge in [-0.3, -0.25) is 0 Å². The first-order valence-electron chi connectivity index (χ1n) is 15.4. The fraction of sp³-hybridized carbons (Fsp3) is 0.571. The fourth-order valence-electron chi connectivity index (χ4n) is 6.02. The minimum Gasteiger partial charge on any atom is -0.462 e. The highest BCUT2D eigenvalue weighted by Gasteiger charge is 2.26. The van der Waals surface area contributed by atoms with E-state index in [2.05, 4.69) is 75.1 Å². The average Bonchev–Trinajstić information content (AvgIpc) is 2.95. The van der Waals surface area contributed by atoms with Crippen molar-refractivity contribution in [3.63, 3.8) is 0 Å². The number of unbranched alkanes of at least 4 members (excludes halogenated alkanes) is 2. The zero-order chi connectivity index (χ0) is 28.3. The van der Waals surface area contributed by atoms with Crippen LogP contribution in [0.5, 0.6) is 0 Å². The van der Waals surface area contributed by atoms with Crippen LogP contribution in [-0.2, 0) is 16.0 Å². The van der Waals surface area contributed by atoms with Gasteiger partial charge in [0.05, 0.1) is 14.7 Å².